The van der Waals surface area contributed by atoms with Gasteiger partial charge >= 0.3 is 0 Å². The second kappa shape index (κ2) is 7.58. The van der Waals surface area contributed by atoms with Crippen LogP contribution in [0.4, 0.5) is 16.0 Å². The van der Waals surface area contributed by atoms with Gasteiger partial charge in [0.1, 0.15) is 23.7 Å². The molecule has 3 aromatic rings. The first-order valence-electron chi connectivity index (χ1n) is 8.73. The van der Waals surface area contributed by atoms with Gasteiger partial charge in [-0.25, -0.2) is 14.4 Å². The Bertz CT molecular complexity index is 1010. The second-order valence-electron chi connectivity index (χ2n) is 6.50. The molecule has 2 atom stereocenters. The van der Waals surface area contributed by atoms with Crippen molar-refractivity contribution in [3.8, 4) is 23.1 Å². The van der Waals surface area contributed by atoms with Gasteiger partial charge in [-0.1, -0.05) is 0 Å². The van der Waals surface area contributed by atoms with Crippen LogP contribution in [0.5, 0.6) is 5.75 Å². The van der Waals surface area contributed by atoms with E-state index in [1.165, 1.54) is 18.6 Å². The van der Waals surface area contributed by atoms with Crippen LogP contribution in [-0.4, -0.2) is 37.3 Å². The summed E-state index contributed by atoms with van der Waals surface area (Å²) in [5.41, 5.74) is 6.82. The molecule has 3 heterocycles. The summed E-state index contributed by atoms with van der Waals surface area (Å²) in [6.45, 7) is 0. The smallest absolute Gasteiger partial charge is 0.158 e. The Morgan fingerprint density at radius 1 is 1.21 bits per heavy atom. The molecular formula is C18H17FN8O. The lowest BCUT2D eigenvalue weighted by atomic mass is 10.1. The number of pyridine rings is 1. The number of rotatable bonds is 5. The van der Waals surface area contributed by atoms with Crippen molar-refractivity contribution in [1.29, 1.82) is 5.26 Å². The molecule has 9 nitrogen and oxygen atoms in total. The van der Waals surface area contributed by atoms with Gasteiger partial charge < -0.3 is 15.8 Å². The summed E-state index contributed by atoms with van der Waals surface area (Å²) in [4.78, 5) is 11.9. The van der Waals surface area contributed by atoms with E-state index in [1.807, 2.05) is 6.07 Å². The number of hydrogen-bond donors (Lipinski definition) is 3. The SMILES string of the molecule is N#Cc1cnc(Nc2cc(-c3c(F)cncc3O[C@@H]3CC[C@H](N)C3)[nH]n2)cn1. The lowest BCUT2D eigenvalue weighted by molar-refractivity contribution is 0.207. The monoisotopic (exact) mass is 380 g/mol. The molecule has 0 amide bonds. The van der Waals surface area contributed by atoms with Gasteiger partial charge in [-0.3, -0.25) is 10.1 Å². The highest BCUT2D eigenvalue weighted by Gasteiger charge is 2.25. The summed E-state index contributed by atoms with van der Waals surface area (Å²) in [5, 5.41) is 18.6. The molecule has 28 heavy (non-hydrogen) atoms. The molecule has 1 aliphatic carbocycles. The van der Waals surface area contributed by atoms with Crippen LogP contribution in [0.15, 0.2) is 30.9 Å². The fourth-order valence-corrected chi connectivity index (χ4v) is 3.12. The molecule has 0 aromatic carbocycles. The van der Waals surface area contributed by atoms with Crippen LogP contribution < -0.4 is 15.8 Å². The predicted molar refractivity (Wildman–Crippen MR) is 98.0 cm³/mol. The standard InChI is InChI=1S/C18H17FN8O/c19-13-7-22-8-15(28-12-2-1-10(21)3-12)18(13)14-4-16(27-26-14)25-17-9-23-11(5-20)6-24-17/h4,6-10,12H,1-3,21H2,(H2,24,25,26,27)/t10-,12+/m0/s1. The summed E-state index contributed by atoms with van der Waals surface area (Å²) < 4.78 is 20.5. The Hall–Kier alpha value is -3.58. The molecule has 0 saturated heterocycles. The van der Waals surface area contributed by atoms with E-state index in [0.717, 1.165) is 25.5 Å². The lowest BCUT2D eigenvalue weighted by Crippen LogP contribution is -2.19. The van der Waals surface area contributed by atoms with Gasteiger partial charge in [0, 0.05) is 12.1 Å². The molecule has 1 saturated carbocycles. The van der Waals surface area contributed by atoms with Gasteiger partial charge in [-0.05, 0) is 19.3 Å². The third kappa shape index (κ3) is 3.74. The summed E-state index contributed by atoms with van der Waals surface area (Å²) in [5.74, 6) is 0.642. The number of H-pyrrole nitrogens is 1. The maximum absolute atomic E-state index is 14.5. The first-order chi connectivity index (χ1) is 13.6. The van der Waals surface area contributed by atoms with E-state index in [9.17, 15) is 4.39 Å². The molecule has 4 N–H and O–H groups in total. The van der Waals surface area contributed by atoms with E-state index in [0.29, 0.717) is 23.1 Å². The minimum Gasteiger partial charge on any atom is -0.488 e. The Morgan fingerprint density at radius 3 is 2.82 bits per heavy atom. The molecule has 1 aliphatic rings. The van der Waals surface area contributed by atoms with Crippen LogP contribution >= 0.6 is 0 Å². The molecular weight excluding hydrogens is 363 g/mol. The van der Waals surface area contributed by atoms with Crippen molar-refractivity contribution in [3.05, 3.63) is 42.4 Å². The Morgan fingerprint density at radius 2 is 2.11 bits per heavy atom. The maximum Gasteiger partial charge on any atom is 0.158 e. The molecule has 1 fully saturated rings. The van der Waals surface area contributed by atoms with Gasteiger partial charge in [-0.15, -0.1) is 0 Å². The molecule has 0 spiro atoms. The van der Waals surface area contributed by atoms with Crippen molar-refractivity contribution in [2.24, 2.45) is 5.73 Å². The minimum atomic E-state index is -0.520. The van der Waals surface area contributed by atoms with E-state index in [4.69, 9.17) is 15.7 Å². The summed E-state index contributed by atoms with van der Waals surface area (Å²) in [7, 11) is 0. The molecule has 0 aliphatic heterocycles. The summed E-state index contributed by atoms with van der Waals surface area (Å²) in [6, 6.07) is 3.63. The van der Waals surface area contributed by atoms with E-state index in [-0.39, 0.29) is 23.4 Å². The molecule has 0 bridgehead atoms. The summed E-state index contributed by atoms with van der Waals surface area (Å²) >= 11 is 0. The predicted octanol–water partition coefficient (Wildman–Crippen LogP) is 2.27. The van der Waals surface area contributed by atoms with Crippen molar-refractivity contribution in [1.82, 2.24) is 25.1 Å². The van der Waals surface area contributed by atoms with Crippen LogP contribution in [0.25, 0.3) is 11.3 Å². The fraction of sp³-hybridized carbons (Fsp3) is 0.278. The van der Waals surface area contributed by atoms with Crippen molar-refractivity contribution >= 4 is 11.6 Å². The molecule has 3 aromatic heterocycles. The van der Waals surface area contributed by atoms with Crippen LogP contribution in [0.2, 0.25) is 0 Å². The number of hydrogen-bond acceptors (Lipinski definition) is 8. The average molecular weight is 380 g/mol. The van der Waals surface area contributed by atoms with Crippen molar-refractivity contribution in [2.75, 3.05) is 5.32 Å². The van der Waals surface area contributed by atoms with Gasteiger partial charge in [0.15, 0.2) is 17.3 Å². The molecule has 0 unspecified atom stereocenters. The zero-order valence-electron chi connectivity index (χ0n) is 14.8. The van der Waals surface area contributed by atoms with Crippen molar-refractivity contribution < 1.29 is 9.13 Å². The maximum atomic E-state index is 14.5. The molecule has 142 valence electrons. The fourth-order valence-electron chi connectivity index (χ4n) is 3.12. The highest BCUT2D eigenvalue weighted by molar-refractivity contribution is 5.70. The molecule has 10 heteroatoms. The van der Waals surface area contributed by atoms with E-state index in [1.54, 1.807) is 6.07 Å². The van der Waals surface area contributed by atoms with Gasteiger partial charge in [-0.2, -0.15) is 10.4 Å². The highest BCUT2D eigenvalue weighted by atomic mass is 19.1. The number of aromatic nitrogens is 5. The van der Waals surface area contributed by atoms with Gasteiger partial charge in [0.05, 0.1) is 36.0 Å². The Labute approximate surface area is 159 Å². The average Bonchev–Trinajstić information content (AvgIpc) is 3.31. The number of halogens is 1. The third-order valence-electron chi connectivity index (χ3n) is 4.45. The number of nitrogens with zero attached hydrogens (tertiary/aromatic N) is 5. The zero-order chi connectivity index (χ0) is 19.5. The first-order valence-corrected chi connectivity index (χ1v) is 8.73. The molecule has 4 rings (SSSR count). The third-order valence-corrected chi connectivity index (χ3v) is 4.45. The number of anilines is 2. The number of aromatic amines is 1. The largest absolute Gasteiger partial charge is 0.488 e. The van der Waals surface area contributed by atoms with E-state index in [2.05, 4.69) is 30.5 Å². The topological polar surface area (TPSA) is 138 Å². The number of nitrogens with one attached hydrogen (secondary N) is 2. The Balaban J connectivity index is 1.56. The van der Waals surface area contributed by atoms with Crippen molar-refractivity contribution in [2.45, 2.75) is 31.4 Å². The second-order valence-corrected chi connectivity index (χ2v) is 6.50. The van der Waals surface area contributed by atoms with Crippen LogP contribution in [0.1, 0.15) is 25.0 Å². The quantitative estimate of drug-likeness (QED) is 0.613. The number of ether oxygens (including phenoxy) is 1. The Kier molecular flexibility index (Phi) is 4.82. The summed E-state index contributed by atoms with van der Waals surface area (Å²) in [6.07, 6.45) is 7.74. The molecule has 0 radical (unpaired) electrons. The van der Waals surface area contributed by atoms with E-state index >= 15 is 0 Å². The van der Waals surface area contributed by atoms with E-state index < -0.39 is 5.82 Å². The van der Waals surface area contributed by atoms with Gasteiger partial charge in [0.2, 0.25) is 0 Å². The normalized spacial score (nSPS) is 18.6. The zero-order valence-corrected chi connectivity index (χ0v) is 14.8. The highest BCUT2D eigenvalue weighted by Crippen LogP contribution is 2.34. The minimum absolute atomic E-state index is 0.0632. The number of nitrogens with two attached hydrogens (primary N) is 1. The van der Waals surface area contributed by atoms with Crippen LogP contribution in [0, 0.1) is 17.1 Å². The lowest BCUT2D eigenvalue weighted by Gasteiger charge is -2.16. The number of nitriles is 1. The van der Waals surface area contributed by atoms with Crippen molar-refractivity contribution in [3.63, 3.8) is 0 Å². The van der Waals surface area contributed by atoms with Crippen LogP contribution in [-0.2, 0) is 0 Å². The van der Waals surface area contributed by atoms with Gasteiger partial charge in [0.25, 0.3) is 0 Å². The first kappa shape index (κ1) is 17.8. The van der Waals surface area contributed by atoms with Crippen LogP contribution in [0.3, 0.4) is 0 Å².